The maximum atomic E-state index is 12.7. The normalized spacial score (nSPS) is 15.0. The largest absolute Gasteiger partial charge is 0.337 e. The molecule has 1 fully saturated rings. The first-order valence-electron chi connectivity index (χ1n) is 7.86. The molecular formula is C15H18N6O3S. The number of nitrogens with one attached hydrogen (secondary N) is 1. The molecule has 0 radical (unpaired) electrons. The van der Waals surface area contributed by atoms with Crippen molar-refractivity contribution in [2.24, 2.45) is 7.05 Å². The quantitative estimate of drug-likeness (QED) is 0.645. The zero-order chi connectivity index (χ0) is 17.8. The summed E-state index contributed by atoms with van der Waals surface area (Å²) in [5.74, 6) is -0.179. The number of carbonyl (C=O) groups excluding carboxylic acids is 1. The molecule has 1 amide bonds. The minimum atomic E-state index is -0.473. The number of hydrogen-bond donors (Lipinski definition) is 1. The van der Waals surface area contributed by atoms with E-state index in [0.717, 1.165) is 31.3 Å². The Bertz CT molecular complexity index is 785. The van der Waals surface area contributed by atoms with Gasteiger partial charge in [-0.3, -0.25) is 14.9 Å². The molecule has 1 saturated heterocycles. The smallest absolute Gasteiger partial charge is 0.284 e. The van der Waals surface area contributed by atoms with Crippen LogP contribution in [-0.4, -0.2) is 56.7 Å². The first kappa shape index (κ1) is 17.4. The number of amides is 1. The Morgan fingerprint density at radius 2 is 2.20 bits per heavy atom. The lowest BCUT2D eigenvalue weighted by Crippen LogP contribution is -2.34. The number of benzene rings is 1. The lowest BCUT2D eigenvalue weighted by Gasteiger charge is -2.20. The Labute approximate surface area is 148 Å². The predicted octanol–water partition coefficient (Wildman–Crippen LogP) is 1.31. The molecule has 3 rings (SSSR count). The van der Waals surface area contributed by atoms with Gasteiger partial charge >= 0.3 is 0 Å². The fraction of sp³-hybridized carbons (Fsp3) is 0.400. The van der Waals surface area contributed by atoms with Gasteiger partial charge in [0.2, 0.25) is 0 Å². The molecule has 0 bridgehead atoms. The molecule has 1 N–H and O–H groups in total. The van der Waals surface area contributed by atoms with Crippen LogP contribution in [0.3, 0.4) is 0 Å². The molecule has 0 spiro atoms. The highest BCUT2D eigenvalue weighted by atomic mass is 32.2. The Morgan fingerprint density at radius 3 is 2.92 bits per heavy atom. The third-order valence-corrected chi connectivity index (χ3v) is 5.02. The summed E-state index contributed by atoms with van der Waals surface area (Å²) in [6.45, 7) is 2.85. The van der Waals surface area contributed by atoms with Crippen molar-refractivity contribution in [3.8, 4) is 0 Å². The maximum absolute atomic E-state index is 12.7. The molecule has 0 aliphatic carbocycles. The van der Waals surface area contributed by atoms with Crippen molar-refractivity contribution in [1.29, 1.82) is 0 Å². The third kappa shape index (κ3) is 3.97. The number of aromatic nitrogens is 3. The van der Waals surface area contributed by atoms with Crippen molar-refractivity contribution in [2.45, 2.75) is 16.5 Å². The Kier molecular flexibility index (Phi) is 5.29. The number of aryl methyl sites for hydroxylation is 1. The van der Waals surface area contributed by atoms with Crippen LogP contribution >= 0.6 is 11.8 Å². The SMILES string of the molecule is Cn1cnnc1Sc1ccc(C(=O)N2CCCNCC2)cc1[N+](=O)[O-]. The van der Waals surface area contributed by atoms with Gasteiger partial charge in [0.25, 0.3) is 11.6 Å². The molecule has 132 valence electrons. The van der Waals surface area contributed by atoms with E-state index in [9.17, 15) is 14.9 Å². The summed E-state index contributed by atoms with van der Waals surface area (Å²) in [6.07, 6.45) is 2.40. The summed E-state index contributed by atoms with van der Waals surface area (Å²) < 4.78 is 1.68. The maximum Gasteiger partial charge on any atom is 0.284 e. The average Bonchev–Trinajstić information content (AvgIpc) is 2.85. The fourth-order valence-electron chi connectivity index (χ4n) is 2.57. The van der Waals surface area contributed by atoms with Crippen molar-refractivity contribution < 1.29 is 9.72 Å². The molecule has 25 heavy (non-hydrogen) atoms. The van der Waals surface area contributed by atoms with E-state index in [1.165, 1.54) is 12.4 Å². The lowest BCUT2D eigenvalue weighted by atomic mass is 10.1. The summed E-state index contributed by atoms with van der Waals surface area (Å²) >= 11 is 1.15. The molecule has 9 nitrogen and oxygen atoms in total. The Hall–Kier alpha value is -2.46. The van der Waals surface area contributed by atoms with Gasteiger partial charge in [-0.2, -0.15) is 0 Å². The number of nitro groups is 1. The fourth-order valence-corrected chi connectivity index (χ4v) is 3.42. The van der Waals surface area contributed by atoms with Crippen molar-refractivity contribution in [1.82, 2.24) is 25.0 Å². The monoisotopic (exact) mass is 362 g/mol. The molecule has 2 aromatic rings. The standard InChI is InChI=1S/C15H18N6O3S/c1-19-10-17-18-15(19)25-13-4-3-11(9-12(13)21(23)24)14(22)20-7-2-5-16-6-8-20/h3-4,9-10,16H,2,5-8H2,1H3. The third-order valence-electron chi connectivity index (χ3n) is 3.90. The van der Waals surface area contributed by atoms with Gasteiger partial charge in [-0.1, -0.05) is 0 Å². The van der Waals surface area contributed by atoms with Gasteiger partial charge in [-0.05, 0) is 36.9 Å². The van der Waals surface area contributed by atoms with Gasteiger partial charge in [0, 0.05) is 38.3 Å². The number of carbonyl (C=O) groups is 1. The first-order chi connectivity index (χ1) is 12.1. The zero-order valence-corrected chi connectivity index (χ0v) is 14.5. The van der Waals surface area contributed by atoms with Crippen LogP contribution in [0.5, 0.6) is 0 Å². The first-order valence-corrected chi connectivity index (χ1v) is 8.68. The molecule has 1 aliphatic heterocycles. The van der Waals surface area contributed by atoms with Crippen LogP contribution in [0.1, 0.15) is 16.8 Å². The summed E-state index contributed by atoms with van der Waals surface area (Å²) in [5.41, 5.74) is 0.225. The Balaban J connectivity index is 1.87. The van der Waals surface area contributed by atoms with E-state index in [-0.39, 0.29) is 11.6 Å². The van der Waals surface area contributed by atoms with E-state index in [1.807, 2.05) is 0 Å². The van der Waals surface area contributed by atoms with E-state index >= 15 is 0 Å². The average molecular weight is 362 g/mol. The van der Waals surface area contributed by atoms with Crippen LogP contribution in [0.4, 0.5) is 5.69 Å². The minimum Gasteiger partial charge on any atom is -0.337 e. The lowest BCUT2D eigenvalue weighted by molar-refractivity contribution is -0.387. The van der Waals surface area contributed by atoms with Crippen molar-refractivity contribution in [2.75, 3.05) is 26.2 Å². The van der Waals surface area contributed by atoms with Gasteiger partial charge in [0.05, 0.1) is 9.82 Å². The second-order valence-electron chi connectivity index (χ2n) is 5.66. The van der Waals surface area contributed by atoms with Crippen LogP contribution in [-0.2, 0) is 7.05 Å². The molecule has 1 aromatic heterocycles. The number of nitrogens with zero attached hydrogens (tertiary/aromatic N) is 5. The number of hydrogen-bond acceptors (Lipinski definition) is 7. The highest BCUT2D eigenvalue weighted by molar-refractivity contribution is 7.99. The minimum absolute atomic E-state index is 0.105. The predicted molar refractivity (Wildman–Crippen MR) is 91.6 cm³/mol. The summed E-state index contributed by atoms with van der Waals surface area (Å²) in [5, 5.41) is 22.9. The summed E-state index contributed by atoms with van der Waals surface area (Å²) in [4.78, 5) is 25.8. The topological polar surface area (TPSA) is 106 Å². The van der Waals surface area contributed by atoms with E-state index < -0.39 is 4.92 Å². The van der Waals surface area contributed by atoms with Gasteiger partial charge in [-0.15, -0.1) is 10.2 Å². The second kappa shape index (κ2) is 7.62. The zero-order valence-electron chi connectivity index (χ0n) is 13.7. The number of rotatable bonds is 4. The summed E-state index contributed by atoms with van der Waals surface area (Å²) in [6, 6.07) is 4.58. The van der Waals surface area contributed by atoms with E-state index in [1.54, 1.807) is 28.6 Å². The summed E-state index contributed by atoms with van der Waals surface area (Å²) in [7, 11) is 1.76. The molecule has 2 heterocycles. The van der Waals surface area contributed by atoms with Gasteiger partial charge in [0.1, 0.15) is 6.33 Å². The van der Waals surface area contributed by atoms with Crippen molar-refractivity contribution >= 4 is 23.4 Å². The van der Waals surface area contributed by atoms with Crippen LogP contribution < -0.4 is 5.32 Å². The molecule has 0 atom stereocenters. The van der Waals surface area contributed by atoms with Crippen LogP contribution in [0, 0.1) is 10.1 Å². The molecule has 10 heteroatoms. The van der Waals surface area contributed by atoms with Crippen LogP contribution in [0.2, 0.25) is 0 Å². The van der Waals surface area contributed by atoms with Gasteiger partial charge < -0.3 is 14.8 Å². The van der Waals surface area contributed by atoms with Crippen molar-refractivity contribution in [3.63, 3.8) is 0 Å². The number of nitro benzene ring substituents is 1. The molecule has 1 aromatic carbocycles. The highest BCUT2D eigenvalue weighted by Gasteiger charge is 2.23. The molecular weight excluding hydrogens is 344 g/mol. The van der Waals surface area contributed by atoms with Gasteiger partial charge in [-0.25, -0.2) is 0 Å². The highest BCUT2D eigenvalue weighted by Crippen LogP contribution is 2.34. The van der Waals surface area contributed by atoms with Crippen molar-refractivity contribution in [3.05, 3.63) is 40.2 Å². The molecule has 1 aliphatic rings. The van der Waals surface area contributed by atoms with Crippen LogP contribution in [0.15, 0.2) is 34.6 Å². The van der Waals surface area contributed by atoms with Gasteiger partial charge in [0.15, 0.2) is 5.16 Å². The molecule has 0 saturated carbocycles. The van der Waals surface area contributed by atoms with E-state index in [0.29, 0.717) is 28.7 Å². The van der Waals surface area contributed by atoms with Crippen LogP contribution in [0.25, 0.3) is 0 Å². The van der Waals surface area contributed by atoms with E-state index in [4.69, 9.17) is 0 Å². The molecule has 0 unspecified atom stereocenters. The van der Waals surface area contributed by atoms with E-state index in [2.05, 4.69) is 15.5 Å². The second-order valence-corrected chi connectivity index (χ2v) is 6.67. The Morgan fingerprint density at radius 1 is 1.36 bits per heavy atom.